The van der Waals surface area contributed by atoms with Gasteiger partial charge in [-0.3, -0.25) is 4.79 Å². The molecule has 0 bridgehead atoms. The Morgan fingerprint density at radius 2 is 1.77 bits per heavy atom. The second kappa shape index (κ2) is 8.36. The molecule has 0 radical (unpaired) electrons. The van der Waals surface area contributed by atoms with E-state index in [-0.39, 0.29) is 30.0 Å². The summed E-state index contributed by atoms with van der Waals surface area (Å²) in [4.78, 5) is 35.6. The van der Waals surface area contributed by atoms with Crippen molar-refractivity contribution < 1.29 is 23.9 Å². The number of aldehydes is 1. The number of esters is 2. The molecule has 1 heterocycles. The molecule has 0 amide bonds. The van der Waals surface area contributed by atoms with Crippen LogP contribution in [0, 0.1) is 5.92 Å². The first-order valence-electron chi connectivity index (χ1n) is 7.48. The van der Waals surface area contributed by atoms with Crippen molar-refractivity contribution in [2.75, 3.05) is 13.2 Å². The summed E-state index contributed by atoms with van der Waals surface area (Å²) in [6, 6.07) is 0. The second-order valence-corrected chi connectivity index (χ2v) is 5.24. The molecular weight excluding hydrogens is 286 g/mol. The van der Waals surface area contributed by atoms with E-state index in [0.29, 0.717) is 18.7 Å². The molecule has 0 spiro atoms. The Bertz CT molecular complexity index is 545. The highest BCUT2D eigenvalue weighted by atomic mass is 16.5. The summed E-state index contributed by atoms with van der Waals surface area (Å²) >= 11 is 0. The molecule has 0 aliphatic carbocycles. The summed E-state index contributed by atoms with van der Waals surface area (Å²) in [7, 11) is 0. The summed E-state index contributed by atoms with van der Waals surface area (Å²) in [6.07, 6.45) is 2.89. The quantitative estimate of drug-likeness (QED) is 0.545. The molecule has 0 fully saturated rings. The second-order valence-electron chi connectivity index (χ2n) is 5.24. The van der Waals surface area contributed by atoms with E-state index in [2.05, 4.69) is 13.8 Å². The number of rotatable bonds is 8. The Balaban J connectivity index is 3.30. The average Bonchev–Trinajstić information content (AvgIpc) is 2.84. The van der Waals surface area contributed by atoms with Crippen molar-refractivity contribution in [3.8, 4) is 0 Å². The number of hydrogen-bond donors (Lipinski definition) is 0. The van der Waals surface area contributed by atoms with Crippen LogP contribution < -0.4 is 0 Å². The van der Waals surface area contributed by atoms with E-state index in [9.17, 15) is 14.4 Å². The van der Waals surface area contributed by atoms with Gasteiger partial charge in [-0.1, -0.05) is 13.8 Å². The van der Waals surface area contributed by atoms with Crippen LogP contribution in [0.15, 0.2) is 6.20 Å². The van der Waals surface area contributed by atoms with Crippen molar-refractivity contribution in [3.05, 3.63) is 23.0 Å². The number of ether oxygens (including phenoxy) is 2. The number of aryl methyl sites for hydroxylation is 1. The largest absolute Gasteiger partial charge is 0.462 e. The molecule has 0 aromatic carbocycles. The molecule has 0 atom stereocenters. The molecule has 0 aliphatic heterocycles. The van der Waals surface area contributed by atoms with Gasteiger partial charge in [0.15, 0.2) is 6.29 Å². The Morgan fingerprint density at radius 3 is 2.27 bits per heavy atom. The van der Waals surface area contributed by atoms with E-state index in [1.807, 2.05) is 0 Å². The molecule has 1 rings (SSSR count). The van der Waals surface area contributed by atoms with E-state index < -0.39 is 11.9 Å². The van der Waals surface area contributed by atoms with Gasteiger partial charge >= 0.3 is 11.9 Å². The van der Waals surface area contributed by atoms with E-state index >= 15 is 0 Å². The molecule has 0 saturated heterocycles. The van der Waals surface area contributed by atoms with Crippen molar-refractivity contribution in [3.63, 3.8) is 0 Å². The van der Waals surface area contributed by atoms with Gasteiger partial charge in [0.2, 0.25) is 0 Å². The van der Waals surface area contributed by atoms with Crippen LogP contribution in [0.3, 0.4) is 0 Å². The standard InChI is InChI=1S/C16H23NO5/c1-5-21-15(19)12-9-17(8-7-11(3)4)13(10-18)14(12)16(20)22-6-2/h9-11H,5-8H2,1-4H3. The number of hydrogen-bond acceptors (Lipinski definition) is 5. The molecule has 6 nitrogen and oxygen atoms in total. The minimum absolute atomic E-state index is 0.0148. The predicted molar refractivity (Wildman–Crippen MR) is 81.2 cm³/mol. The molecule has 0 N–H and O–H groups in total. The number of carbonyl (C=O) groups is 3. The first kappa shape index (κ1) is 17.9. The molecule has 122 valence electrons. The zero-order valence-corrected chi connectivity index (χ0v) is 13.5. The Labute approximate surface area is 130 Å². The highest BCUT2D eigenvalue weighted by Crippen LogP contribution is 2.20. The van der Waals surface area contributed by atoms with Crippen LogP contribution in [0.4, 0.5) is 0 Å². The maximum atomic E-state index is 12.1. The van der Waals surface area contributed by atoms with Crippen molar-refractivity contribution >= 4 is 18.2 Å². The molecule has 22 heavy (non-hydrogen) atoms. The van der Waals surface area contributed by atoms with Gasteiger partial charge in [0.25, 0.3) is 0 Å². The van der Waals surface area contributed by atoms with Crippen molar-refractivity contribution in [2.45, 2.75) is 40.7 Å². The summed E-state index contributed by atoms with van der Waals surface area (Å²) in [5, 5.41) is 0. The fraction of sp³-hybridized carbons (Fsp3) is 0.562. The molecule has 6 heteroatoms. The normalized spacial score (nSPS) is 10.6. The van der Waals surface area contributed by atoms with E-state index in [0.717, 1.165) is 6.42 Å². The maximum absolute atomic E-state index is 12.1. The number of carbonyl (C=O) groups excluding carboxylic acids is 3. The first-order chi connectivity index (χ1) is 10.5. The highest BCUT2D eigenvalue weighted by Gasteiger charge is 2.27. The summed E-state index contributed by atoms with van der Waals surface area (Å²) in [5.74, 6) is -0.883. The topological polar surface area (TPSA) is 74.6 Å². The molecule has 0 unspecified atom stereocenters. The maximum Gasteiger partial charge on any atom is 0.341 e. The molecule has 1 aromatic heterocycles. The van der Waals surface area contributed by atoms with Crippen LogP contribution in [0.1, 0.15) is 65.3 Å². The van der Waals surface area contributed by atoms with Crippen molar-refractivity contribution in [2.24, 2.45) is 5.92 Å². The Hall–Kier alpha value is -2.11. The third-order valence-electron chi connectivity index (χ3n) is 3.15. The van der Waals surface area contributed by atoms with Crippen LogP contribution >= 0.6 is 0 Å². The van der Waals surface area contributed by atoms with Crippen LogP contribution in [-0.2, 0) is 16.0 Å². The summed E-state index contributed by atoms with van der Waals surface area (Å²) in [6.45, 7) is 8.35. The average molecular weight is 309 g/mol. The molecule has 0 aliphatic rings. The summed E-state index contributed by atoms with van der Waals surface area (Å²) < 4.78 is 11.5. The summed E-state index contributed by atoms with van der Waals surface area (Å²) in [5.41, 5.74) is 0.215. The monoisotopic (exact) mass is 309 g/mol. The fourth-order valence-electron chi connectivity index (χ4n) is 2.06. The van der Waals surface area contributed by atoms with Gasteiger partial charge in [-0.15, -0.1) is 0 Å². The van der Waals surface area contributed by atoms with Gasteiger partial charge in [0, 0.05) is 12.7 Å². The smallest absolute Gasteiger partial charge is 0.341 e. The predicted octanol–water partition coefficient (Wildman–Crippen LogP) is 2.70. The lowest BCUT2D eigenvalue weighted by Gasteiger charge is -2.08. The Kier molecular flexibility index (Phi) is 6.82. The highest BCUT2D eigenvalue weighted by molar-refractivity contribution is 6.07. The van der Waals surface area contributed by atoms with Gasteiger partial charge in [-0.25, -0.2) is 9.59 Å². The Morgan fingerprint density at radius 1 is 1.18 bits per heavy atom. The lowest BCUT2D eigenvalue weighted by Crippen LogP contribution is -2.14. The lowest BCUT2D eigenvalue weighted by molar-refractivity contribution is 0.0479. The van der Waals surface area contributed by atoms with Crippen LogP contribution in [0.25, 0.3) is 0 Å². The molecule has 0 saturated carbocycles. The van der Waals surface area contributed by atoms with Crippen molar-refractivity contribution in [1.29, 1.82) is 0 Å². The minimum atomic E-state index is -0.684. The van der Waals surface area contributed by atoms with E-state index in [4.69, 9.17) is 9.47 Å². The fourth-order valence-corrected chi connectivity index (χ4v) is 2.06. The zero-order valence-electron chi connectivity index (χ0n) is 13.5. The van der Waals surface area contributed by atoms with Gasteiger partial charge in [-0.05, 0) is 26.2 Å². The van der Waals surface area contributed by atoms with E-state index in [1.165, 1.54) is 6.20 Å². The van der Waals surface area contributed by atoms with Crippen LogP contribution in [0.2, 0.25) is 0 Å². The minimum Gasteiger partial charge on any atom is -0.462 e. The van der Waals surface area contributed by atoms with Crippen LogP contribution in [0.5, 0.6) is 0 Å². The molecule has 1 aromatic rings. The molecular formula is C16H23NO5. The lowest BCUT2D eigenvalue weighted by atomic mass is 10.1. The first-order valence-corrected chi connectivity index (χ1v) is 7.48. The van der Waals surface area contributed by atoms with Gasteiger partial charge in [-0.2, -0.15) is 0 Å². The van der Waals surface area contributed by atoms with E-state index in [1.54, 1.807) is 18.4 Å². The van der Waals surface area contributed by atoms with Crippen LogP contribution in [-0.4, -0.2) is 36.0 Å². The van der Waals surface area contributed by atoms with Gasteiger partial charge in [0.1, 0.15) is 5.56 Å². The third kappa shape index (κ3) is 4.19. The van der Waals surface area contributed by atoms with Crippen molar-refractivity contribution in [1.82, 2.24) is 4.57 Å². The number of nitrogens with zero attached hydrogens (tertiary/aromatic N) is 1. The van der Waals surface area contributed by atoms with Gasteiger partial charge in [0.05, 0.1) is 24.5 Å². The van der Waals surface area contributed by atoms with Gasteiger partial charge < -0.3 is 14.0 Å². The zero-order chi connectivity index (χ0) is 16.7. The number of aromatic nitrogens is 1. The third-order valence-corrected chi connectivity index (χ3v) is 3.15. The SMILES string of the molecule is CCOC(=O)c1cn(CCC(C)C)c(C=O)c1C(=O)OCC.